The quantitative estimate of drug-likeness (QED) is 0.0655. The third-order valence-electron chi connectivity index (χ3n) is 7.62. The van der Waals surface area contributed by atoms with Crippen molar-refractivity contribution in [1.29, 1.82) is 0 Å². The molecule has 0 amide bonds. The molecule has 0 unspecified atom stereocenters. The fourth-order valence-corrected chi connectivity index (χ4v) is 5.06. The van der Waals surface area contributed by atoms with Gasteiger partial charge in [0.15, 0.2) is 12.4 Å². The molecule has 0 saturated carbocycles. The van der Waals surface area contributed by atoms with E-state index >= 15 is 0 Å². The van der Waals surface area contributed by atoms with Crippen molar-refractivity contribution in [2.45, 2.75) is 19.4 Å². The molecule has 0 fully saturated rings. The van der Waals surface area contributed by atoms with Gasteiger partial charge in [0, 0.05) is 62.5 Å². The van der Waals surface area contributed by atoms with E-state index in [1.54, 1.807) is 6.08 Å². The number of rotatable bonds is 22. The van der Waals surface area contributed by atoms with Crippen molar-refractivity contribution < 1.29 is 30.3 Å². The molecule has 3 aromatic rings. The number of hydrogen-bond donors (Lipinski definition) is 5. The van der Waals surface area contributed by atoms with Gasteiger partial charge >= 0.3 is 0 Å². The standard InChI is InChI=1S/C39H51N4O4/c1-2-5-34(6-7-35-10-14-38(15-11-35)42(26-30-44)27-31-45)18-22-40-21-3-4-23-41-24-19-37(20-25-41)9-8-36-12-16-39(17-13-36)43(28-32-46)29-33-47/h2,5-20,22,24-25,40,44-47H,1,3-4,21,23,26-33H2/q+1/p+1/b7-6+,22-18-,34-5-. The number of allylic oxidation sites excluding steroid dienone is 5. The van der Waals surface area contributed by atoms with Gasteiger partial charge < -0.3 is 35.5 Å². The van der Waals surface area contributed by atoms with Crippen LogP contribution < -0.4 is 19.7 Å². The summed E-state index contributed by atoms with van der Waals surface area (Å²) in [5.41, 5.74) is 6.34. The maximum absolute atomic E-state index is 9.27. The molecule has 0 saturated heterocycles. The first-order valence-electron chi connectivity index (χ1n) is 16.4. The number of nitrogens with zero attached hydrogens (tertiary/aromatic N) is 3. The minimum absolute atomic E-state index is 0.0474. The summed E-state index contributed by atoms with van der Waals surface area (Å²) in [6.45, 7) is 8.02. The number of aliphatic hydroxyl groups is 4. The fourth-order valence-electron chi connectivity index (χ4n) is 5.06. The lowest BCUT2D eigenvalue weighted by Crippen LogP contribution is -2.78. The van der Waals surface area contributed by atoms with Gasteiger partial charge in [-0.2, -0.15) is 0 Å². The Morgan fingerprint density at radius 3 is 1.62 bits per heavy atom. The van der Waals surface area contributed by atoms with Crippen molar-refractivity contribution >= 4 is 29.6 Å². The molecule has 0 bridgehead atoms. The average Bonchev–Trinajstić information content (AvgIpc) is 3.10. The molecular formula is C39H52N4O4+2. The number of aryl methyl sites for hydroxylation is 1. The van der Waals surface area contributed by atoms with Gasteiger partial charge in [-0.1, -0.05) is 67.3 Å². The zero-order valence-electron chi connectivity index (χ0n) is 27.4. The number of pyridine rings is 1. The minimum atomic E-state index is 0.0474. The molecule has 3 rings (SSSR count). The number of nitrogens with two attached hydrogens (primary N) is 1. The highest BCUT2D eigenvalue weighted by atomic mass is 16.3. The Morgan fingerprint density at radius 2 is 1.13 bits per heavy atom. The highest BCUT2D eigenvalue weighted by Crippen LogP contribution is 2.18. The number of anilines is 2. The lowest BCUT2D eigenvalue weighted by molar-refractivity contribution is -0.698. The Balaban J connectivity index is 1.38. The first-order chi connectivity index (χ1) is 23.1. The molecule has 1 heterocycles. The van der Waals surface area contributed by atoms with Crippen LogP contribution in [0.2, 0.25) is 0 Å². The van der Waals surface area contributed by atoms with Crippen LogP contribution in [0.5, 0.6) is 0 Å². The summed E-state index contributed by atoms with van der Waals surface area (Å²) in [6, 6.07) is 20.5. The summed E-state index contributed by atoms with van der Waals surface area (Å²) in [5, 5.41) is 39.3. The summed E-state index contributed by atoms with van der Waals surface area (Å²) >= 11 is 0. The number of hydrogen-bond acceptors (Lipinski definition) is 6. The molecule has 8 nitrogen and oxygen atoms in total. The molecule has 250 valence electrons. The highest BCUT2D eigenvalue weighted by Gasteiger charge is 2.06. The number of benzene rings is 2. The van der Waals surface area contributed by atoms with Crippen LogP contribution in [0, 0.1) is 0 Å². The van der Waals surface area contributed by atoms with E-state index in [1.807, 2.05) is 64.4 Å². The molecule has 0 aliphatic heterocycles. The first kappa shape index (κ1) is 37.2. The molecule has 1 aromatic heterocycles. The third kappa shape index (κ3) is 13.9. The smallest absolute Gasteiger partial charge is 0.169 e. The topological polar surface area (TPSA) is 108 Å². The summed E-state index contributed by atoms with van der Waals surface area (Å²) in [7, 11) is 0. The second kappa shape index (κ2) is 22.3. The molecule has 0 radical (unpaired) electrons. The average molecular weight is 641 g/mol. The van der Waals surface area contributed by atoms with Crippen LogP contribution in [0.4, 0.5) is 11.4 Å². The van der Waals surface area contributed by atoms with E-state index < -0.39 is 0 Å². The van der Waals surface area contributed by atoms with E-state index in [0.717, 1.165) is 59.6 Å². The van der Waals surface area contributed by atoms with Crippen LogP contribution in [-0.4, -0.2) is 79.6 Å². The van der Waals surface area contributed by atoms with E-state index in [-0.39, 0.29) is 26.4 Å². The van der Waals surface area contributed by atoms with Gasteiger partial charge in [0.25, 0.3) is 0 Å². The van der Waals surface area contributed by atoms with Crippen molar-refractivity contribution in [3.05, 3.63) is 132 Å². The Hall–Kier alpha value is -4.31. The van der Waals surface area contributed by atoms with E-state index in [1.165, 1.54) is 0 Å². The number of unbranched alkanes of at least 4 members (excludes halogenated alkanes) is 1. The van der Waals surface area contributed by atoms with Crippen molar-refractivity contribution in [2.75, 3.05) is 69.0 Å². The van der Waals surface area contributed by atoms with E-state index in [4.69, 9.17) is 0 Å². The lowest BCUT2D eigenvalue weighted by atomic mass is 10.1. The van der Waals surface area contributed by atoms with Gasteiger partial charge in [0.2, 0.25) is 0 Å². The minimum Gasteiger partial charge on any atom is -0.395 e. The molecule has 2 aromatic carbocycles. The molecule has 8 heteroatoms. The Labute approximate surface area is 280 Å². The number of aromatic nitrogens is 1. The van der Waals surface area contributed by atoms with Gasteiger partial charge in [-0.3, -0.25) is 0 Å². The monoisotopic (exact) mass is 640 g/mol. The summed E-state index contributed by atoms with van der Waals surface area (Å²) in [4.78, 5) is 3.93. The van der Waals surface area contributed by atoms with E-state index in [0.29, 0.717) is 26.2 Å². The summed E-state index contributed by atoms with van der Waals surface area (Å²) < 4.78 is 2.22. The van der Waals surface area contributed by atoms with Gasteiger partial charge in [0.1, 0.15) is 6.54 Å². The Bertz CT molecular complexity index is 1400. The highest BCUT2D eigenvalue weighted by molar-refractivity contribution is 5.70. The van der Waals surface area contributed by atoms with Crippen LogP contribution in [0.3, 0.4) is 0 Å². The van der Waals surface area contributed by atoms with Crippen LogP contribution >= 0.6 is 0 Å². The fraction of sp³-hybridized carbons (Fsp3) is 0.308. The van der Waals surface area contributed by atoms with Crippen LogP contribution in [0.1, 0.15) is 29.5 Å². The predicted octanol–water partition coefficient (Wildman–Crippen LogP) is 3.41. The van der Waals surface area contributed by atoms with Crippen molar-refractivity contribution in [3.8, 4) is 0 Å². The molecular weight excluding hydrogens is 588 g/mol. The van der Waals surface area contributed by atoms with Crippen molar-refractivity contribution in [2.24, 2.45) is 0 Å². The van der Waals surface area contributed by atoms with Crippen molar-refractivity contribution in [3.63, 3.8) is 0 Å². The first-order valence-corrected chi connectivity index (χ1v) is 16.4. The van der Waals surface area contributed by atoms with Crippen LogP contribution in [-0.2, 0) is 6.54 Å². The molecule has 0 aliphatic rings. The van der Waals surface area contributed by atoms with Crippen LogP contribution in [0.15, 0.2) is 116 Å². The SMILES string of the molecule is C=C/C=C(\C=C/[NH2+]CCCC[n+]1ccc(/C=C/c2ccc(N(CCO)CCO)cc2)cc1)/C=C/c1ccc(N(CCO)CCO)cc1. The molecule has 6 N–H and O–H groups in total. The van der Waals surface area contributed by atoms with Crippen molar-refractivity contribution in [1.82, 2.24) is 0 Å². The molecule has 0 spiro atoms. The normalized spacial score (nSPS) is 12.0. The molecule has 47 heavy (non-hydrogen) atoms. The Kier molecular flexibility index (Phi) is 17.6. The second-order valence-electron chi connectivity index (χ2n) is 11.1. The zero-order chi connectivity index (χ0) is 33.5. The third-order valence-corrected chi connectivity index (χ3v) is 7.62. The van der Waals surface area contributed by atoms with Crippen LogP contribution in [0.25, 0.3) is 18.2 Å². The predicted molar refractivity (Wildman–Crippen MR) is 194 cm³/mol. The van der Waals surface area contributed by atoms with Gasteiger partial charge in [-0.15, -0.1) is 0 Å². The maximum Gasteiger partial charge on any atom is 0.169 e. The number of quaternary nitrogens is 1. The molecule has 0 atom stereocenters. The van der Waals surface area contributed by atoms with Gasteiger partial charge in [-0.05, 0) is 52.6 Å². The summed E-state index contributed by atoms with van der Waals surface area (Å²) in [6.07, 6.45) is 22.8. The van der Waals surface area contributed by atoms with Gasteiger partial charge in [-0.25, -0.2) is 4.57 Å². The zero-order valence-corrected chi connectivity index (χ0v) is 27.4. The summed E-state index contributed by atoms with van der Waals surface area (Å²) in [5.74, 6) is 0. The van der Waals surface area contributed by atoms with Gasteiger partial charge in [0.05, 0.1) is 39.2 Å². The maximum atomic E-state index is 9.27. The number of aliphatic hydroxyl groups excluding tert-OH is 4. The van der Waals surface area contributed by atoms with E-state index in [2.05, 4.69) is 77.6 Å². The van der Waals surface area contributed by atoms with E-state index in [9.17, 15) is 20.4 Å². The Morgan fingerprint density at radius 1 is 0.638 bits per heavy atom. The lowest BCUT2D eigenvalue weighted by Gasteiger charge is -2.22. The molecule has 0 aliphatic carbocycles. The second-order valence-corrected chi connectivity index (χ2v) is 11.1. The largest absolute Gasteiger partial charge is 0.395 e.